The van der Waals surface area contributed by atoms with Crippen LogP contribution in [0.4, 0.5) is 0 Å². The van der Waals surface area contributed by atoms with Crippen molar-refractivity contribution in [2.75, 3.05) is 6.61 Å². The Morgan fingerprint density at radius 2 is 2.20 bits per heavy atom. The van der Waals surface area contributed by atoms with E-state index in [9.17, 15) is 4.79 Å². The lowest BCUT2D eigenvalue weighted by atomic mass is 10.2. The summed E-state index contributed by atoms with van der Waals surface area (Å²) in [6, 6.07) is 9.51. The number of para-hydroxylation sites is 1. The number of aromatic nitrogens is 1. The highest BCUT2D eigenvalue weighted by Gasteiger charge is 2.03. The molecule has 0 aliphatic heterocycles. The van der Waals surface area contributed by atoms with Gasteiger partial charge in [-0.25, -0.2) is 0 Å². The number of hydrogen-bond acceptors (Lipinski definition) is 4. The summed E-state index contributed by atoms with van der Waals surface area (Å²) >= 11 is 1.29. The second kappa shape index (κ2) is 6.22. The summed E-state index contributed by atoms with van der Waals surface area (Å²) in [6.45, 7) is 2.49. The van der Waals surface area contributed by atoms with E-state index >= 15 is 0 Å². The fourth-order valence-corrected chi connectivity index (χ4v) is 2.76. The van der Waals surface area contributed by atoms with Gasteiger partial charge < -0.3 is 9.30 Å². The Morgan fingerprint density at radius 1 is 1.45 bits per heavy atom. The van der Waals surface area contributed by atoms with Gasteiger partial charge in [0.25, 0.3) is 5.56 Å². The van der Waals surface area contributed by atoms with Crippen LogP contribution >= 0.6 is 11.3 Å². The molecule has 4 nitrogen and oxygen atoms in total. The van der Waals surface area contributed by atoms with Crippen LogP contribution in [0.2, 0.25) is 0 Å². The molecule has 5 heteroatoms. The molecule has 1 aromatic heterocycles. The molecule has 2 aromatic rings. The van der Waals surface area contributed by atoms with Gasteiger partial charge in [-0.15, -0.1) is 11.3 Å². The van der Waals surface area contributed by atoms with Crippen molar-refractivity contribution in [1.29, 1.82) is 5.26 Å². The molecule has 0 N–H and O–H groups in total. The minimum atomic E-state index is -0.109. The van der Waals surface area contributed by atoms with E-state index in [1.165, 1.54) is 22.0 Å². The number of hydrogen-bond donors (Lipinski definition) is 0. The van der Waals surface area contributed by atoms with Gasteiger partial charge in [0.1, 0.15) is 10.4 Å². The van der Waals surface area contributed by atoms with Gasteiger partial charge in [0.15, 0.2) is 0 Å². The van der Waals surface area contributed by atoms with Crippen LogP contribution in [0, 0.1) is 11.3 Å². The minimum absolute atomic E-state index is 0.109. The summed E-state index contributed by atoms with van der Waals surface area (Å²) in [7, 11) is 1.66. The van der Waals surface area contributed by atoms with Gasteiger partial charge in [-0.2, -0.15) is 5.26 Å². The molecule has 0 atom stereocenters. The Bertz CT molecular complexity index is 825. The van der Waals surface area contributed by atoms with E-state index in [4.69, 9.17) is 10.00 Å². The largest absolute Gasteiger partial charge is 0.493 e. The average molecular weight is 286 g/mol. The van der Waals surface area contributed by atoms with Crippen LogP contribution in [0.1, 0.15) is 12.5 Å². The van der Waals surface area contributed by atoms with Gasteiger partial charge in [0, 0.05) is 18.7 Å². The summed E-state index contributed by atoms with van der Waals surface area (Å²) in [6.07, 6.45) is 3.17. The topological polar surface area (TPSA) is 55.0 Å². The van der Waals surface area contributed by atoms with Gasteiger partial charge in [-0.05, 0) is 19.1 Å². The maximum Gasteiger partial charge on any atom is 0.268 e. The summed E-state index contributed by atoms with van der Waals surface area (Å²) in [5.74, 6) is 0.747. The van der Waals surface area contributed by atoms with E-state index in [-0.39, 0.29) is 5.56 Å². The Balaban J connectivity index is 2.64. The lowest BCUT2D eigenvalue weighted by Gasteiger charge is -2.05. The molecule has 0 aliphatic carbocycles. The standard InChI is InChI=1S/C15H14N2O2S/c1-3-19-12-7-5-4-6-11(12)10-13-15(18)17(2)14(20-13)8-9-16/h4-8,10H,3H2,1-2H3/b13-10-,14-8-. The van der Waals surface area contributed by atoms with E-state index in [2.05, 4.69) is 0 Å². The Labute approximate surface area is 120 Å². The molecule has 2 rings (SSSR count). The number of nitrogens with zero attached hydrogens (tertiary/aromatic N) is 2. The second-order valence-corrected chi connectivity index (χ2v) is 5.12. The molecule has 0 aliphatic rings. The predicted molar refractivity (Wildman–Crippen MR) is 80.1 cm³/mol. The number of thiazole rings is 1. The zero-order chi connectivity index (χ0) is 14.5. The van der Waals surface area contributed by atoms with Crippen LogP contribution in [-0.4, -0.2) is 11.2 Å². The van der Waals surface area contributed by atoms with Crippen LogP contribution in [0.25, 0.3) is 12.2 Å². The Hall–Kier alpha value is -2.32. The van der Waals surface area contributed by atoms with Gasteiger partial charge >= 0.3 is 0 Å². The highest BCUT2D eigenvalue weighted by Crippen LogP contribution is 2.18. The maximum absolute atomic E-state index is 12.1. The quantitative estimate of drug-likeness (QED) is 0.845. The van der Waals surface area contributed by atoms with Gasteiger partial charge in [-0.3, -0.25) is 4.79 Å². The Kier molecular flexibility index (Phi) is 4.38. The van der Waals surface area contributed by atoms with Crippen molar-refractivity contribution in [3.8, 4) is 11.8 Å². The molecule has 0 saturated heterocycles. The van der Waals surface area contributed by atoms with Gasteiger partial charge in [-0.1, -0.05) is 18.2 Å². The molecule has 0 spiro atoms. The lowest BCUT2D eigenvalue weighted by Crippen LogP contribution is -2.28. The molecule has 0 saturated carbocycles. The molecule has 0 bridgehead atoms. The molecule has 0 fully saturated rings. The fraction of sp³-hybridized carbons (Fsp3) is 0.200. The molecule has 0 amide bonds. The smallest absolute Gasteiger partial charge is 0.268 e. The summed E-state index contributed by atoms with van der Waals surface area (Å²) in [4.78, 5) is 12.1. The first-order valence-electron chi connectivity index (χ1n) is 6.16. The second-order valence-electron chi connectivity index (χ2n) is 4.06. The van der Waals surface area contributed by atoms with Crippen LogP contribution in [0.5, 0.6) is 5.75 Å². The van der Waals surface area contributed by atoms with Crippen molar-refractivity contribution in [3.63, 3.8) is 0 Å². The van der Waals surface area contributed by atoms with Crippen molar-refractivity contribution in [1.82, 2.24) is 4.57 Å². The fourth-order valence-electron chi connectivity index (χ4n) is 1.79. The van der Waals surface area contributed by atoms with Crippen molar-refractivity contribution >= 4 is 23.5 Å². The predicted octanol–water partition coefficient (Wildman–Crippen LogP) is 0.978. The van der Waals surface area contributed by atoms with Crippen LogP contribution in [0.15, 0.2) is 29.1 Å². The maximum atomic E-state index is 12.1. The highest BCUT2D eigenvalue weighted by atomic mass is 32.1. The zero-order valence-corrected chi connectivity index (χ0v) is 12.1. The van der Waals surface area contributed by atoms with Crippen LogP contribution < -0.4 is 19.5 Å². The third kappa shape index (κ3) is 2.81. The first-order valence-corrected chi connectivity index (χ1v) is 6.98. The minimum Gasteiger partial charge on any atom is -0.493 e. The normalized spacial score (nSPS) is 12.4. The summed E-state index contributed by atoms with van der Waals surface area (Å²) in [5, 5.41) is 8.70. The van der Waals surface area contributed by atoms with E-state index in [0.717, 1.165) is 11.3 Å². The van der Waals surface area contributed by atoms with Crippen molar-refractivity contribution < 1.29 is 4.74 Å². The Morgan fingerprint density at radius 3 is 2.90 bits per heavy atom. The van der Waals surface area contributed by atoms with Crippen molar-refractivity contribution in [3.05, 3.63) is 49.4 Å². The molecule has 1 heterocycles. The lowest BCUT2D eigenvalue weighted by molar-refractivity contribution is 0.339. The van der Waals surface area contributed by atoms with E-state index < -0.39 is 0 Å². The number of rotatable bonds is 3. The number of nitriles is 1. The monoisotopic (exact) mass is 286 g/mol. The molecule has 102 valence electrons. The third-order valence-electron chi connectivity index (χ3n) is 2.75. The van der Waals surface area contributed by atoms with Crippen molar-refractivity contribution in [2.24, 2.45) is 7.05 Å². The summed E-state index contributed by atoms with van der Waals surface area (Å²) in [5.41, 5.74) is 0.750. The number of benzene rings is 1. The summed E-state index contributed by atoms with van der Waals surface area (Å²) < 4.78 is 8.23. The van der Waals surface area contributed by atoms with Gasteiger partial charge in [0.2, 0.25) is 0 Å². The zero-order valence-electron chi connectivity index (χ0n) is 11.3. The van der Waals surface area contributed by atoms with E-state index in [0.29, 0.717) is 15.8 Å². The van der Waals surface area contributed by atoms with Crippen LogP contribution in [-0.2, 0) is 7.05 Å². The first-order chi connectivity index (χ1) is 9.67. The van der Waals surface area contributed by atoms with E-state index in [1.54, 1.807) is 13.1 Å². The van der Waals surface area contributed by atoms with E-state index in [1.807, 2.05) is 37.3 Å². The molecule has 1 aromatic carbocycles. The molecular formula is C15H14N2O2S. The number of ether oxygens (including phenoxy) is 1. The third-order valence-corrected chi connectivity index (χ3v) is 3.87. The van der Waals surface area contributed by atoms with Crippen LogP contribution in [0.3, 0.4) is 0 Å². The first kappa shape index (κ1) is 14.1. The SMILES string of the molecule is CCOc1ccccc1/C=c1\s/c(=C\C#N)n(C)c1=O. The highest BCUT2D eigenvalue weighted by molar-refractivity contribution is 7.07. The van der Waals surface area contributed by atoms with Crippen molar-refractivity contribution in [2.45, 2.75) is 6.92 Å². The molecule has 0 radical (unpaired) electrons. The molecule has 20 heavy (non-hydrogen) atoms. The molecule has 0 unspecified atom stereocenters. The molecular weight excluding hydrogens is 272 g/mol. The van der Waals surface area contributed by atoms with Gasteiger partial charge in [0.05, 0.1) is 17.2 Å². The average Bonchev–Trinajstić information content (AvgIpc) is 2.70.